The van der Waals surface area contributed by atoms with E-state index in [1.165, 1.54) is 51.1 Å². The third-order valence-corrected chi connectivity index (χ3v) is 2.79. The summed E-state index contributed by atoms with van der Waals surface area (Å²) >= 11 is 0. The zero-order valence-corrected chi connectivity index (χ0v) is 12.7. The van der Waals surface area contributed by atoms with Crippen LogP contribution in [0.2, 0.25) is 0 Å². The molecule has 2 unspecified atom stereocenters. The summed E-state index contributed by atoms with van der Waals surface area (Å²) in [7, 11) is 2.82. The highest BCUT2D eigenvalue weighted by Gasteiger charge is 1.99. The van der Waals surface area contributed by atoms with Crippen LogP contribution in [0.15, 0.2) is 0 Å². The minimum atomic E-state index is 0. The van der Waals surface area contributed by atoms with Crippen molar-refractivity contribution in [1.82, 2.24) is 0 Å². The van der Waals surface area contributed by atoms with Crippen molar-refractivity contribution >= 4 is 33.2 Å². The van der Waals surface area contributed by atoms with Crippen molar-refractivity contribution in [3.63, 3.8) is 0 Å². The average molecular weight is 316 g/mol. The van der Waals surface area contributed by atoms with E-state index in [0.29, 0.717) is 0 Å². The molecule has 0 aromatic rings. The Balaban J connectivity index is 0. The van der Waals surface area contributed by atoms with Crippen molar-refractivity contribution in [2.45, 2.75) is 58.8 Å². The molecule has 0 radical (unpaired) electrons. The maximum Gasteiger partial charge on any atom is -0.0379 e. The maximum atomic E-state index is 2.82. The summed E-state index contributed by atoms with van der Waals surface area (Å²) in [6, 6.07) is 0. The van der Waals surface area contributed by atoms with E-state index in [2.05, 4.69) is 23.1 Å². The number of halogens is 1. The molecule has 0 rings (SSSR count). The summed E-state index contributed by atoms with van der Waals surface area (Å²) in [6.07, 6.45) is 11.2. The molecule has 0 spiro atoms. The van der Waals surface area contributed by atoms with Gasteiger partial charge in [0.05, 0.1) is 0 Å². The molecule has 0 aliphatic rings. The van der Waals surface area contributed by atoms with E-state index in [-0.39, 0.29) is 24.0 Å². The van der Waals surface area contributed by atoms with Gasteiger partial charge < -0.3 is 0 Å². The van der Waals surface area contributed by atoms with Crippen molar-refractivity contribution in [3.05, 3.63) is 0 Å². The zero-order valence-electron chi connectivity index (χ0n) is 9.22. The molecule has 13 heavy (non-hydrogen) atoms. The van der Waals surface area contributed by atoms with Crippen LogP contribution in [-0.2, 0) is 0 Å². The van der Waals surface area contributed by atoms with Gasteiger partial charge in [0.15, 0.2) is 0 Å². The Morgan fingerprint density at radius 3 is 2.15 bits per heavy atom. The molecule has 0 aliphatic heterocycles. The molecule has 0 aliphatic carbocycles. The van der Waals surface area contributed by atoms with Gasteiger partial charge in [-0.25, -0.2) is 0 Å². The highest BCUT2D eigenvalue weighted by atomic mass is 127. The molecular weight excluding hydrogens is 290 g/mol. The van der Waals surface area contributed by atoms with Crippen LogP contribution in [0.1, 0.15) is 58.8 Å². The van der Waals surface area contributed by atoms with E-state index < -0.39 is 0 Å². The zero-order chi connectivity index (χ0) is 9.23. The topological polar surface area (TPSA) is 0 Å². The Labute approximate surface area is 104 Å². The Morgan fingerprint density at radius 1 is 1.00 bits per heavy atom. The first-order valence-electron chi connectivity index (χ1n) is 5.51. The lowest BCUT2D eigenvalue weighted by Crippen LogP contribution is -1.94. The highest BCUT2D eigenvalue weighted by Crippen LogP contribution is 2.14. The second-order valence-corrected chi connectivity index (χ2v) is 4.46. The molecule has 0 aromatic carbocycles. The fourth-order valence-corrected chi connectivity index (χ4v) is 2.09. The van der Waals surface area contributed by atoms with Gasteiger partial charge in [-0.3, -0.25) is 0 Å². The lowest BCUT2D eigenvalue weighted by molar-refractivity contribution is 0.476. The summed E-state index contributed by atoms with van der Waals surface area (Å²) < 4.78 is 0. The monoisotopic (exact) mass is 316 g/mol. The summed E-state index contributed by atoms with van der Waals surface area (Å²) in [5.74, 6) is 0.948. The van der Waals surface area contributed by atoms with E-state index in [1.807, 2.05) is 0 Å². The molecule has 2 heteroatoms. The van der Waals surface area contributed by atoms with Crippen LogP contribution < -0.4 is 0 Å². The van der Waals surface area contributed by atoms with Crippen LogP contribution >= 0.6 is 33.2 Å². The van der Waals surface area contributed by atoms with Gasteiger partial charge in [0.1, 0.15) is 0 Å². The van der Waals surface area contributed by atoms with E-state index in [1.54, 1.807) is 0 Å². The highest BCUT2D eigenvalue weighted by molar-refractivity contribution is 14.0. The van der Waals surface area contributed by atoms with Crippen LogP contribution in [0.4, 0.5) is 0 Å². The summed E-state index contributed by atoms with van der Waals surface area (Å²) in [5.41, 5.74) is 0. The predicted octanol–water partition coefficient (Wildman–Crippen LogP) is 4.87. The molecule has 0 saturated heterocycles. The first-order valence-corrected chi connectivity index (χ1v) is 6.33. The van der Waals surface area contributed by atoms with Crippen LogP contribution in [0.5, 0.6) is 0 Å². The smallest absolute Gasteiger partial charge is 0.0379 e. The van der Waals surface area contributed by atoms with Crippen molar-refractivity contribution < 1.29 is 0 Å². The van der Waals surface area contributed by atoms with Gasteiger partial charge in [-0.05, 0) is 18.5 Å². The molecule has 0 amide bonds. The molecule has 0 aromatic heterocycles. The van der Waals surface area contributed by atoms with Crippen molar-refractivity contribution in [1.29, 1.82) is 0 Å². The van der Waals surface area contributed by atoms with Crippen LogP contribution in [-0.4, -0.2) is 6.16 Å². The maximum absolute atomic E-state index is 2.82. The molecule has 0 N–H and O–H groups in total. The molecule has 0 bridgehead atoms. The fourth-order valence-electron chi connectivity index (χ4n) is 1.53. The standard InChI is InChI=1S/C11H25P.HI/c1-3-4-5-6-7-8-11(2)9-10-12;/h11H,3-10,12H2,1-2H3;1H. The molecule has 0 heterocycles. The lowest BCUT2D eigenvalue weighted by atomic mass is 10.00. The Kier molecular flexibility index (Phi) is 16.8. The minimum Gasteiger partial charge on any atom is -0.138 e. The largest absolute Gasteiger partial charge is 0.138 e. The SMILES string of the molecule is CCCCCCCC(C)CCP.I. The quantitative estimate of drug-likeness (QED) is 0.341. The predicted molar refractivity (Wildman–Crippen MR) is 77.1 cm³/mol. The van der Waals surface area contributed by atoms with Crippen LogP contribution in [0, 0.1) is 5.92 Å². The number of hydrogen-bond acceptors (Lipinski definition) is 0. The Bertz CT molecular complexity index is 86.2. The van der Waals surface area contributed by atoms with Gasteiger partial charge in [0.2, 0.25) is 0 Å². The Morgan fingerprint density at radius 2 is 1.62 bits per heavy atom. The fraction of sp³-hybridized carbons (Fsp3) is 1.00. The number of unbranched alkanes of at least 4 members (excludes halogenated alkanes) is 4. The van der Waals surface area contributed by atoms with Crippen LogP contribution in [0.3, 0.4) is 0 Å². The minimum absolute atomic E-state index is 0. The van der Waals surface area contributed by atoms with E-state index in [0.717, 1.165) is 5.92 Å². The third kappa shape index (κ3) is 13.2. The first kappa shape index (κ1) is 16.6. The normalized spacial score (nSPS) is 12.2. The van der Waals surface area contributed by atoms with Gasteiger partial charge >= 0.3 is 0 Å². The van der Waals surface area contributed by atoms with Crippen molar-refractivity contribution in [3.8, 4) is 0 Å². The van der Waals surface area contributed by atoms with Gasteiger partial charge in [-0.15, -0.1) is 33.2 Å². The van der Waals surface area contributed by atoms with E-state index in [4.69, 9.17) is 0 Å². The third-order valence-electron chi connectivity index (χ3n) is 2.46. The molecule has 0 fully saturated rings. The Hall–Kier alpha value is 1.16. The van der Waals surface area contributed by atoms with Crippen LogP contribution in [0.25, 0.3) is 0 Å². The summed E-state index contributed by atoms with van der Waals surface area (Å²) in [5, 5.41) is 0. The van der Waals surface area contributed by atoms with Crippen molar-refractivity contribution in [2.24, 2.45) is 5.92 Å². The summed E-state index contributed by atoms with van der Waals surface area (Å²) in [4.78, 5) is 0. The van der Waals surface area contributed by atoms with Crippen molar-refractivity contribution in [2.75, 3.05) is 6.16 Å². The number of hydrogen-bond donors (Lipinski definition) is 0. The second-order valence-electron chi connectivity index (χ2n) is 3.89. The first-order chi connectivity index (χ1) is 5.81. The van der Waals surface area contributed by atoms with Gasteiger partial charge in [-0.2, -0.15) is 0 Å². The molecule has 82 valence electrons. The molecule has 2 atom stereocenters. The van der Waals surface area contributed by atoms with Gasteiger partial charge in [-0.1, -0.05) is 52.4 Å². The molecule has 0 saturated carbocycles. The molecule has 0 nitrogen and oxygen atoms in total. The lowest BCUT2D eigenvalue weighted by Gasteiger charge is -2.08. The average Bonchev–Trinajstić information content (AvgIpc) is 2.05. The molecular formula is C11H26IP. The van der Waals surface area contributed by atoms with Gasteiger partial charge in [0, 0.05) is 0 Å². The van der Waals surface area contributed by atoms with E-state index >= 15 is 0 Å². The second kappa shape index (κ2) is 13.2. The van der Waals surface area contributed by atoms with E-state index in [9.17, 15) is 0 Å². The number of rotatable bonds is 8. The van der Waals surface area contributed by atoms with Gasteiger partial charge in [0.25, 0.3) is 0 Å². The summed E-state index contributed by atoms with van der Waals surface area (Å²) in [6.45, 7) is 4.65.